The van der Waals surface area contributed by atoms with Crippen LogP contribution in [0, 0.1) is 5.92 Å². The molecule has 1 aliphatic rings. The van der Waals surface area contributed by atoms with Crippen molar-refractivity contribution in [2.45, 2.75) is 39.0 Å². The molecule has 1 N–H and O–H groups in total. The summed E-state index contributed by atoms with van der Waals surface area (Å²) in [5.74, 6) is 3.03. The van der Waals surface area contributed by atoms with Gasteiger partial charge in [0.05, 0.1) is 6.20 Å². The largest absolute Gasteiger partial charge is 0.445 e. The highest BCUT2D eigenvalue weighted by Crippen LogP contribution is 2.39. The quantitative estimate of drug-likeness (QED) is 0.790. The number of aromatic nitrogens is 1. The molecule has 0 saturated carbocycles. The molecule has 0 radical (unpaired) electrons. The van der Waals surface area contributed by atoms with E-state index in [1.807, 2.05) is 6.20 Å². The SMILES string of the molecule is CC(C)CNCCCc1ncc(C2Cc3ccccc32)o1. The van der Waals surface area contributed by atoms with Gasteiger partial charge in [-0.05, 0) is 43.0 Å². The van der Waals surface area contributed by atoms with E-state index in [0.717, 1.165) is 44.0 Å². The smallest absolute Gasteiger partial charge is 0.194 e. The molecular weight excluding hydrogens is 260 g/mol. The van der Waals surface area contributed by atoms with Crippen LogP contribution in [0.5, 0.6) is 0 Å². The molecule has 1 aliphatic carbocycles. The Balaban J connectivity index is 1.49. The molecule has 0 fully saturated rings. The average molecular weight is 284 g/mol. The number of hydrogen-bond donors (Lipinski definition) is 1. The maximum atomic E-state index is 5.93. The predicted octanol–water partition coefficient (Wildman–Crippen LogP) is 3.54. The van der Waals surface area contributed by atoms with Crippen molar-refractivity contribution in [3.63, 3.8) is 0 Å². The van der Waals surface area contributed by atoms with Crippen LogP contribution < -0.4 is 5.32 Å². The molecule has 0 spiro atoms. The summed E-state index contributed by atoms with van der Waals surface area (Å²) in [6.07, 6.45) is 4.99. The molecule has 1 unspecified atom stereocenters. The molecule has 3 nitrogen and oxygen atoms in total. The molecule has 1 aromatic carbocycles. The molecule has 0 aliphatic heterocycles. The van der Waals surface area contributed by atoms with Gasteiger partial charge in [-0.25, -0.2) is 4.98 Å². The topological polar surface area (TPSA) is 38.1 Å². The normalized spacial score (nSPS) is 16.8. The van der Waals surface area contributed by atoms with Gasteiger partial charge in [0.2, 0.25) is 0 Å². The second-order valence-electron chi connectivity index (χ2n) is 6.31. The zero-order valence-electron chi connectivity index (χ0n) is 12.9. The minimum atomic E-state index is 0.418. The third kappa shape index (κ3) is 3.35. The van der Waals surface area contributed by atoms with Gasteiger partial charge in [0.1, 0.15) is 5.76 Å². The molecule has 1 heterocycles. The zero-order valence-corrected chi connectivity index (χ0v) is 12.9. The van der Waals surface area contributed by atoms with Crippen molar-refractivity contribution >= 4 is 0 Å². The van der Waals surface area contributed by atoms with Gasteiger partial charge >= 0.3 is 0 Å². The summed E-state index contributed by atoms with van der Waals surface area (Å²) in [5.41, 5.74) is 2.84. The Morgan fingerprint density at radius 3 is 3.00 bits per heavy atom. The van der Waals surface area contributed by atoms with Crippen LogP contribution in [0.15, 0.2) is 34.9 Å². The van der Waals surface area contributed by atoms with Gasteiger partial charge in [0, 0.05) is 12.3 Å². The van der Waals surface area contributed by atoms with E-state index in [1.54, 1.807) is 0 Å². The van der Waals surface area contributed by atoms with Crippen LogP contribution in [-0.4, -0.2) is 18.1 Å². The number of aryl methyl sites for hydroxylation is 1. The first-order valence-electron chi connectivity index (χ1n) is 7.97. The van der Waals surface area contributed by atoms with Gasteiger partial charge in [-0.15, -0.1) is 0 Å². The Labute approximate surface area is 126 Å². The summed E-state index contributed by atoms with van der Waals surface area (Å²) in [6, 6.07) is 8.60. The van der Waals surface area contributed by atoms with Crippen molar-refractivity contribution in [1.29, 1.82) is 0 Å². The molecule has 0 amide bonds. The minimum Gasteiger partial charge on any atom is -0.445 e. The molecular formula is C18H24N2O. The Morgan fingerprint density at radius 1 is 1.33 bits per heavy atom. The van der Waals surface area contributed by atoms with Crippen LogP contribution in [0.3, 0.4) is 0 Å². The van der Waals surface area contributed by atoms with Gasteiger partial charge in [-0.3, -0.25) is 0 Å². The summed E-state index contributed by atoms with van der Waals surface area (Å²) in [4.78, 5) is 4.43. The number of rotatable bonds is 7. The van der Waals surface area contributed by atoms with Crippen molar-refractivity contribution in [3.8, 4) is 0 Å². The molecule has 3 rings (SSSR count). The predicted molar refractivity (Wildman–Crippen MR) is 84.5 cm³/mol. The van der Waals surface area contributed by atoms with E-state index in [4.69, 9.17) is 4.42 Å². The van der Waals surface area contributed by atoms with E-state index < -0.39 is 0 Å². The fourth-order valence-electron chi connectivity index (χ4n) is 2.87. The highest BCUT2D eigenvalue weighted by molar-refractivity contribution is 5.44. The van der Waals surface area contributed by atoms with Crippen LogP contribution in [0.25, 0.3) is 0 Å². The second kappa shape index (κ2) is 6.44. The molecule has 3 heteroatoms. The average Bonchev–Trinajstić information content (AvgIpc) is 2.88. The Hall–Kier alpha value is -1.61. The van der Waals surface area contributed by atoms with Crippen molar-refractivity contribution in [1.82, 2.24) is 10.3 Å². The molecule has 0 bridgehead atoms. The van der Waals surface area contributed by atoms with Crippen LogP contribution in [0.1, 0.15) is 49.0 Å². The second-order valence-corrected chi connectivity index (χ2v) is 6.31. The van der Waals surface area contributed by atoms with Gasteiger partial charge in [-0.2, -0.15) is 0 Å². The van der Waals surface area contributed by atoms with Gasteiger partial charge in [0.15, 0.2) is 5.89 Å². The number of nitrogens with zero attached hydrogens (tertiary/aromatic N) is 1. The fourth-order valence-corrected chi connectivity index (χ4v) is 2.87. The zero-order chi connectivity index (χ0) is 14.7. The van der Waals surface area contributed by atoms with Crippen molar-refractivity contribution in [2.75, 3.05) is 13.1 Å². The van der Waals surface area contributed by atoms with E-state index in [2.05, 4.69) is 48.4 Å². The van der Waals surface area contributed by atoms with Crippen molar-refractivity contribution < 1.29 is 4.42 Å². The minimum absolute atomic E-state index is 0.418. The van der Waals surface area contributed by atoms with Crippen LogP contribution >= 0.6 is 0 Å². The molecule has 0 saturated heterocycles. The van der Waals surface area contributed by atoms with Crippen molar-refractivity contribution in [2.24, 2.45) is 5.92 Å². The summed E-state index contributed by atoms with van der Waals surface area (Å²) >= 11 is 0. The van der Waals surface area contributed by atoms with E-state index in [-0.39, 0.29) is 0 Å². The van der Waals surface area contributed by atoms with Crippen LogP contribution in [-0.2, 0) is 12.8 Å². The monoisotopic (exact) mass is 284 g/mol. The molecule has 2 aromatic rings. The van der Waals surface area contributed by atoms with Gasteiger partial charge < -0.3 is 9.73 Å². The number of nitrogens with one attached hydrogen (secondary N) is 1. The van der Waals surface area contributed by atoms with Crippen LogP contribution in [0.4, 0.5) is 0 Å². The molecule has 21 heavy (non-hydrogen) atoms. The molecule has 112 valence electrons. The lowest BCUT2D eigenvalue weighted by Crippen LogP contribution is -2.21. The third-order valence-corrected chi connectivity index (χ3v) is 4.07. The fraction of sp³-hybridized carbons (Fsp3) is 0.500. The number of benzene rings is 1. The maximum absolute atomic E-state index is 5.93. The Bertz CT molecular complexity index is 588. The Morgan fingerprint density at radius 2 is 2.19 bits per heavy atom. The van der Waals surface area contributed by atoms with E-state index in [9.17, 15) is 0 Å². The van der Waals surface area contributed by atoms with Gasteiger partial charge in [0.25, 0.3) is 0 Å². The first-order valence-corrected chi connectivity index (χ1v) is 7.97. The van der Waals surface area contributed by atoms with E-state index in [1.165, 1.54) is 11.1 Å². The van der Waals surface area contributed by atoms with Gasteiger partial charge in [-0.1, -0.05) is 38.1 Å². The standard InChI is InChI=1S/C18H24N2O/c1-13(2)11-19-9-5-8-18-20-12-17(21-18)16-10-14-6-3-4-7-15(14)16/h3-4,6-7,12-13,16,19H,5,8-11H2,1-2H3. The summed E-state index contributed by atoms with van der Waals surface area (Å²) in [5, 5.41) is 3.45. The highest BCUT2D eigenvalue weighted by Gasteiger charge is 2.29. The third-order valence-electron chi connectivity index (χ3n) is 4.07. The molecule has 1 aromatic heterocycles. The Kier molecular flexibility index (Phi) is 4.39. The number of hydrogen-bond acceptors (Lipinski definition) is 3. The molecule has 1 atom stereocenters. The highest BCUT2D eigenvalue weighted by atomic mass is 16.4. The number of oxazole rings is 1. The number of fused-ring (bicyclic) bond motifs is 1. The van der Waals surface area contributed by atoms with E-state index in [0.29, 0.717) is 11.8 Å². The van der Waals surface area contributed by atoms with E-state index >= 15 is 0 Å². The van der Waals surface area contributed by atoms with Crippen molar-refractivity contribution in [3.05, 3.63) is 53.2 Å². The maximum Gasteiger partial charge on any atom is 0.194 e. The summed E-state index contributed by atoms with van der Waals surface area (Å²) in [7, 11) is 0. The first-order chi connectivity index (χ1) is 10.2. The lowest BCUT2D eigenvalue weighted by Gasteiger charge is -2.27. The first kappa shape index (κ1) is 14.3. The lowest BCUT2D eigenvalue weighted by molar-refractivity contribution is 0.419. The lowest BCUT2D eigenvalue weighted by atomic mass is 9.76. The summed E-state index contributed by atoms with van der Waals surface area (Å²) < 4.78 is 5.93. The summed E-state index contributed by atoms with van der Waals surface area (Å²) in [6.45, 7) is 6.56. The van der Waals surface area contributed by atoms with Crippen LogP contribution in [0.2, 0.25) is 0 Å².